The van der Waals surface area contributed by atoms with Crippen LogP contribution in [0.4, 0.5) is 0 Å². The molecule has 1 aromatic rings. The van der Waals surface area contributed by atoms with Gasteiger partial charge in [-0.15, -0.1) is 0 Å². The summed E-state index contributed by atoms with van der Waals surface area (Å²) in [6.07, 6.45) is 4.84. The Bertz CT molecular complexity index is 400. The molecule has 0 aromatic heterocycles. The molecular formula is C16H25ClN2. The fraction of sp³-hybridized carbons (Fsp3) is 0.625. The molecule has 2 N–H and O–H groups in total. The van der Waals surface area contributed by atoms with Crippen LogP contribution in [-0.4, -0.2) is 29.6 Å². The number of halogens is 1. The summed E-state index contributed by atoms with van der Waals surface area (Å²) in [6, 6.07) is 8.92. The van der Waals surface area contributed by atoms with E-state index in [-0.39, 0.29) is 5.54 Å². The van der Waals surface area contributed by atoms with Crippen molar-refractivity contribution in [2.75, 3.05) is 13.1 Å². The largest absolute Gasteiger partial charge is 0.329 e. The molecule has 0 saturated heterocycles. The predicted molar refractivity (Wildman–Crippen MR) is 82.6 cm³/mol. The summed E-state index contributed by atoms with van der Waals surface area (Å²) in [6.45, 7) is 6.39. The second kappa shape index (κ2) is 6.25. The van der Waals surface area contributed by atoms with Gasteiger partial charge in [0.1, 0.15) is 0 Å². The van der Waals surface area contributed by atoms with Crippen LogP contribution in [0, 0.1) is 0 Å². The van der Waals surface area contributed by atoms with Crippen molar-refractivity contribution in [1.29, 1.82) is 0 Å². The fourth-order valence-electron chi connectivity index (χ4n) is 2.85. The van der Waals surface area contributed by atoms with Crippen LogP contribution in [0.3, 0.4) is 0 Å². The minimum atomic E-state index is 0.0605. The molecule has 0 radical (unpaired) electrons. The topological polar surface area (TPSA) is 29.3 Å². The normalized spacial score (nSPS) is 18.6. The van der Waals surface area contributed by atoms with E-state index in [2.05, 4.69) is 30.9 Å². The Labute approximate surface area is 121 Å². The lowest BCUT2D eigenvalue weighted by Crippen LogP contribution is -2.54. The lowest BCUT2D eigenvalue weighted by Gasteiger charge is -2.41. The first-order valence-corrected chi connectivity index (χ1v) is 7.68. The van der Waals surface area contributed by atoms with Crippen molar-refractivity contribution in [3.8, 4) is 0 Å². The minimum Gasteiger partial charge on any atom is -0.329 e. The Hall–Kier alpha value is -0.570. The molecule has 1 aliphatic rings. The first kappa shape index (κ1) is 14.8. The molecule has 1 fully saturated rings. The highest BCUT2D eigenvalue weighted by Gasteiger charge is 2.39. The number of nitrogens with zero attached hydrogens (tertiary/aromatic N) is 1. The van der Waals surface area contributed by atoms with E-state index < -0.39 is 0 Å². The molecule has 0 amide bonds. The van der Waals surface area contributed by atoms with Crippen LogP contribution in [0.1, 0.15) is 38.7 Å². The predicted octanol–water partition coefficient (Wildman–Crippen LogP) is 3.47. The standard InChI is InChI=1S/C16H25ClN2/c1-3-10-19(15-8-9-15)16(2,12-18)11-13-4-6-14(17)7-5-13/h4-7,15H,3,8-12,18H2,1-2H3. The van der Waals surface area contributed by atoms with Crippen molar-refractivity contribution in [3.63, 3.8) is 0 Å². The molecule has 0 heterocycles. The van der Waals surface area contributed by atoms with Crippen LogP contribution < -0.4 is 5.73 Å². The van der Waals surface area contributed by atoms with E-state index >= 15 is 0 Å². The van der Waals surface area contributed by atoms with Gasteiger partial charge in [-0.05, 0) is 56.8 Å². The Morgan fingerprint density at radius 3 is 2.42 bits per heavy atom. The lowest BCUT2D eigenvalue weighted by atomic mass is 9.90. The number of nitrogens with two attached hydrogens (primary N) is 1. The summed E-state index contributed by atoms with van der Waals surface area (Å²) in [5, 5.41) is 0.797. The molecule has 0 bridgehead atoms. The summed E-state index contributed by atoms with van der Waals surface area (Å²) in [5.41, 5.74) is 7.49. The first-order valence-electron chi connectivity index (χ1n) is 7.30. The second-order valence-electron chi connectivity index (χ2n) is 5.93. The smallest absolute Gasteiger partial charge is 0.0406 e. The Kier molecular flexibility index (Phi) is 4.88. The molecule has 2 nitrogen and oxygen atoms in total. The van der Waals surface area contributed by atoms with Crippen LogP contribution in [0.15, 0.2) is 24.3 Å². The van der Waals surface area contributed by atoms with Gasteiger partial charge in [0.05, 0.1) is 0 Å². The van der Waals surface area contributed by atoms with Gasteiger partial charge in [-0.25, -0.2) is 0 Å². The Balaban J connectivity index is 2.13. The third-order valence-corrected chi connectivity index (χ3v) is 4.34. The summed E-state index contributed by atoms with van der Waals surface area (Å²) in [4.78, 5) is 2.63. The van der Waals surface area contributed by atoms with Crippen LogP contribution in [-0.2, 0) is 6.42 Å². The molecule has 1 atom stereocenters. The average Bonchev–Trinajstić information content (AvgIpc) is 3.23. The van der Waals surface area contributed by atoms with Gasteiger partial charge < -0.3 is 5.73 Å². The van der Waals surface area contributed by atoms with Crippen molar-refractivity contribution in [3.05, 3.63) is 34.9 Å². The van der Waals surface area contributed by atoms with E-state index in [4.69, 9.17) is 17.3 Å². The zero-order chi connectivity index (χ0) is 13.9. The molecule has 0 aliphatic heterocycles. The number of hydrogen-bond acceptors (Lipinski definition) is 2. The van der Waals surface area contributed by atoms with Gasteiger partial charge in [-0.2, -0.15) is 0 Å². The van der Waals surface area contributed by atoms with Crippen LogP contribution in [0.25, 0.3) is 0 Å². The van der Waals surface area contributed by atoms with Gasteiger partial charge in [0.2, 0.25) is 0 Å². The van der Waals surface area contributed by atoms with Crippen LogP contribution >= 0.6 is 11.6 Å². The van der Waals surface area contributed by atoms with Crippen molar-refractivity contribution >= 4 is 11.6 Å². The van der Waals surface area contributed by atoms with Crippen molar-refractivity contribution in [2.45, 2.75) is 51.1 Å². The lowest BCUT2D eigenvalue weighted by molar-refractivity contribution is 0.100. The third-order valence-electron chi connectivity index (χ3n) is 4.08. The second-order valence-corrected chi connectivity index (χ2v) is 6.37. The summed E-state index contributed by atoms with van der Waals surface area (Å²) in [5.74, 6) is 0. The monoisotopic (exact) mass is 280 g/mol. The highest BCUT2D eigenvalue weighted by atomic mass is 35.5. The van der Waals surface area contributed by atoms with Gasteiger partial charge >= 0.3 is 0 Å². The summed E-state index contributed by atoms with van der Waals surface area (Å²) >= 11 is 5.95. The maximum atomic E-state index is 6.11. The zero-order valence-corrected chi connectivity index (χ0v) is 12.8. The molecule has 19 heavy (non-hydrogen) atoms. The molecule has 3 heteroatoms. The maximum absolute atomic E-state index is 6.11. The van der Waals surface area contributed by atoms with Crippen molar-refractivity contribution in [2.24, 2.45) is 5.73 Å². The Morgan fingerprint density at radius 2 is 1.95 bits per heavy atom. The molecule has 106 valence electrons. The summed E-state index contributed by atoms with van der Waals surface area (Å²) < 4.78 is 0. The third kappa shape index (κ3) is 3.71. The maximum Gasteiger partial charge on any atom is 0.0406 e. The van der Waals surface area contributed by atoms with Crippen molar-refractivity contribution < 1.29 is 0 Å². The minimum absolute atomic E-state index is 0.0605. The van der Waals surface area contributed by atoms with Crippen molar-refractivity contribution in [1.82, 2.24) is 4.90 Å². The van der Waals surface area contributed by atoms with Crippen LogP contribution in [0.2, 0.25) is 5.02 Å². The van der Waals surface area contributed by atoms with E-state index in [0.29, 0.717) is 6.54 Å². The molecule has 1 unspecified atom stereocenters. The first-order chi connectivity index (χ1) is 9.09. The molecule has 2 rings (SSSR count). The van der Waals surface area contributed by atoms with E-state index in [1.165, 1.54) is 24.8 Å². The average molecular weight is 281 g/mol. The van der Waals surface area contributed by atoms with Gasteiger partial charge in [-0.1, -0.05) is 30.7 Å². The van der Waals surface area contributed by atoms with E-state index in [1.807, 2.05) is 12.1 Å². The Morgan fingerprint density at radius 1 is 1.32 bits per heavy atom. The number of hydrogen-bond donors (Lipinski definition) is 1. The summed E-state index contributed by atoms with van der Waals surface area (Å²) in [7, 11) is 0. The van der Waals surface area contributed by atoms with E-state index in [0.717, 1.165) is 24.0 Å². The molecule has 1 aromatic carbocycles. The highest BCUT2D eigenvalue weighted by Crippen LogP contribution is 2.34. The molecule has 1 saturated carbocycles. The van der Waals surface area contributed by atoms with E-state index in [1.54, 1.807) is 0 Å². The van der Waals surface area contributed by atoms with E-state index in [9.17, 15) is 0 Å². The SMILES string of the molecule is CCCN(C1CC1)C(C)(CN)Cc1ccc(Cl)cc1. The number of rotatable bonds is 7. The van der Waals surface area contributed by atoms with Gasteiger partial charge in [0, 0.05) is 23.1 Å². The molecule has 1 aliphatic carbocycles. The molecule has 0 spiro atoms. The number of benzene rings is 1. The molecular weight excluding hydrogens is 256 g/mol. The quantitative estimate of drug-likeness (QED) is 0.829. The van der Waals surface area contributed by atoms with Gasteiger partial charge in [0.25, 0.3) is 0 Å². The van der Waals surface area contributed by atoms with Crippen LogP contribution in [0.5, 0.6) is 0 Å². The van der Waals surface area contributed by atoms with Gasteiger partial charge in [0.15, 0.2) is 0 Å². The highest BCUT2D eigenvalue weighted by molar-refractivity contribution is 6.30. The fourth-order valence-corrected chi connectivity index (χ4v) is 2.98. The van der Waals surface area contributed by atoms with Gasteiger partial charge in [-0.3, -0.25) is 4.90 Å². The zero-order valence-electron chi connectivity index (χ0n) is 12.0.